The van der Waals surface area contributed by atoms with E-state index in [2.05, 4.69) is 6.08 Å². The van der Waals surface area contributed by atoms with E-state index in [1.165, 1.54) is 19.3 Å². The summed E-state index contributed by atoms with van der Waals surface area (Å²) in [4.78, 5) is 11.0. The Morgan fingerprint density at radius 1 is 1.00 bits per heavy atom. The van der Waals surface area contributed by atoms with E-state index < -0.39 is 0 Å². The zero-order valence-electron chi connectivity index (χ0n) is 7.01. The maximum atomic E-state index is 11.0. The maximum absolute atomic E-state index is 11.0. The molecule has 0 N–H and O–H groups in total. The number of carbonyl (C=O) groups excluding carboxylic acids is 1. The predicted molar refractivity (Wildman–Crippen MR) is 46.5 cm³/mol. The highest BCUT2D eigenvalue weighted by Gasteiger charge is 1.99. The lowest BCUT2D eigenvalue weighted by atomic mass is 10.0. The van der Waals surface area contributed by atoms with Gasteiger partial charge in [0.05, 0.1) is 0 Å². The van der Waals surface area contributed by atoms with E-state index in [1.54, 1.807) is 0 Å². The van der Waals surface area contributed by atoms with Crippen molar-refractivity contribution >= 4 is 5.78 Å². The molecular weight excluding hydrogens is 136 g/mol. The molecule has 0 amide bonds. The minimum atomic E-state index is 0.406. The van der Waals surface area contributed by atoms with E-state index in [0.29, 0.717) is 12.2 Å². The minimum Gasteiger partial charge on any atom is -0.299 e. The van der Waals surface area contributed by atoms with Gasteiger partial charge in [-0.25, -0.2) is 0 Å². The van der Waals surface area contributed by atoms with Crippen LogP contribution in [0.25, 0.3) is 0 Å². The van der Waals surface area contributed by atoms with Crippen molar-refractivity contribution in [2.24, 2.45) is 0 Å². The molecule has 0 heterocycles. The molecule has 1 nitrogen and oxygen atoms in total. The number of Topliss-reactive ketones (excluding diaryl/α,β-unsaturated/α-hetero) is 1. The Kier molecular flexibility index (Phi) is 3.95. The molecule has 0 unspecified atom stereocenters. The minimum absolute atomic E-state index is 0.406. The molecule has 1 aliphatic carbocycles. The zero-order chi connectivity index (χ0) is 7.94. The smallest absolute Gasteiger partial charge is 0.136 e. The fraction of sp³-hybridized carbons (Fsp3) is 0.700. The molecule has 11 heavy (non-hydrogen) atoms. The molecule has 0 aliphatic heterocycles. The lowest BCUT2D eigenvalue weighted by Crippen LogP contribution is -1.96. The SMILES string of the molecule is O=C1C/C=C/CCCCCC1. The third-order valence-corrected chi connectivity index (χ3v) is 2.09. The first-order chi connectivity index (χ1) is 5.39. The summed E-state index contributed by atoms with van der Waals surface area (Å²) in [7, 11) is 0. The van der Waals surface area contributed by atoms with Gasteiger partial charge < -0.3 is 0 Å². The second kappa shape index (κ2) is 5.11. The van der Waals surface area contributed by atoms with Gasteiger partial charge in [-0.3, -0.25) is 4.79 Å². The highest BCUT2D eigenvalue weighted by atomic mass is 16.1. The topological polar surface area (TPSA) is 17.1 Å². The van der Waals surface area contributed by atoms with Crippen LogP contribution in [0.3, 0.4) is 0 Å². The largest absolute Gasteiger partial charge is 0.299 e. The van der Waals surface area contributed by atoms with Gasteiger partial charge in [-0.2, -0.15) is 0 Å². The highest BCUT2D eigenvalue weighted by Crippen LogP contribution is 2.09. The molecule has 0 aromatic heterocycles. The van der Waals surface area contributed by atoms with Gasteiger partial charge in [-0.1, -0.05) is 25.0 Å². The maximum Gasteiger partial charge on any atom is 0.136 e. The van der Waals surface area contributed by atoms with E-state index in [9.17, 15) is 4.79 Å². The third-order valence-electron chi connectivity index (χ3n) is 2.09. The number of hydrogen-bond donors (Lipinski definition) is 0. The van der Waals surface area contributed by atoms with Crippen molar-refractivity contribution in [2.75, 3.05) is 0 Å². The first-order valence-corrected chi connectivity index (χ1v) is 4.56. The van der Waals surface area contributed by atoms with Crippen molar-refractivity contribution in [3.63, 3.8) is 0 Å². The van der Waals surface area contributed by atoms with Crippen LogP contribution in [0.15, 0.2) is 12.2 Å². The molecule has 0 saturated heterocycles. The van der Waals surface area contributed by atoms with Gasteiger partial charge in [0.1, 0.15) is 5.78 Å². The van der Waals surface area contributed by atoms with Gasteiger partial charge in [0.2, 0.25) is 0 Å². The van der Waals surface area contributed by atoms with Crippen LogP contribution in [0.4, 0.5) is 0 Å². The van der Waals surface area contributed by atoms with Crippen LogP contribution in [0.1, 0.15) is 44.9 Å². The number of ketones is 1. The highest BCUT2D eigenvalue weighted by molar-refractivity contribution is 5.79. The van der Waals surface area contributed by atoms with Gasteiger partial charge in [-0.15, -0.1) is 0 Å². The van der Waals surface area contributed by atoms with Crippen molar-refractivity contribution < 1.29 is 4.79 Å². The van der Waals surface area contributed by atoms with E-state index in [1.807, 2.05) is 6.08 Å². The molecule has 0 spiro atoms. The molecule has 0 bridgehead atoms. The van der Waals surface area contributed by atoms with Gasteiger partial charge in [0, 0.05) is 12.8 Å². The van der Waals surface area contributed by atoms with Crippen LogP contribution >= 0.6 is 0 Å². The number of allylic oxidation sites excluding steroid dienone is 2. The van der Waals surface area contributed by atoms with Crippen LogP contribution < -0.4 is 0 Å². The van der Waals surface area contributed by atoms with E-state index in [4.69, 9.17) is 0 Å². The molecule has 0 aromatic carbocycles. The predicted octanol–water partition coefficient (Wildman–Crippen LogP) is 2.86. The van der Waals surface area contributed by atoms with Crippen molar-refractivity contribution in [1.29, 1.82) is 0 Å². The Morgan fingerprint density at radius 2 is 1.82 bits per heavy atom. The van der Waals surface area contributed by atoms with Crippen molar-refractivity contribution in [2.45, 2.75) is 44.9 Å². The summed E-state index contributed by atoms with van der Waals surface area (Å²) in [5.74, 6) is 0.406. The summed E-state index contributed by atoms with van der Waals surface area (Å²) in [6.45, 7) is 0. The summed E-state index contributed by atoms with van der Waals surface area (Å²) >= 11 is 0. The molecule has 0 fully saturated rings. The average molecular weight is 152 g/mol. The summed E-state index contributed by atoms with van der Waals surface area (Å²) in [6.07, 6.45) is 11.7. The number of hydrogen-bond acceptors (Lipinski definition) is 1. The fourth-order valence-corrected chi connectivity index (χ4v) is 1.37. The van der Waals surface area contributed by atoms with Crippen LogP contribution in [0, 0.1) is 0 Å². The number of rotatable bonds is 0. The van der Waals surface area contributed by atoms with E-state index in [-0.39, 0.29) is 0 Å². The molecule has 0 saturated carbocycles. The molecule has 1 rings (SSSR count). The Balaban J connectivity index is 2.30. The molecule has 0 radical (unpaired) electrons. The Bertz CT molecular complexity index is 147. The van der Waals surface area contributed by atoms with Crippen LogP contribution in [0.2, 0.25) is 0 Å². The van der Waals surface area contributed by atoms with Gasteiger partial charge in [0.25, 0.3) is 0 Å². The molecular formula is C10H16O. The van der Waals surface area contributed by atoms with Crippen molar-refractivity contribution in [3.05, 3.63) is 12.2 Å². The lowest BCUT2D eigenvalue weighted by molar-refractivity contribution is -0.118. The first kappa shape index (κ1) is 8.51. The first-order valence-electron chi connectivity index (χ1n) is 4.56. The third kappa shape index (κ3) is 3.97. The van der Waals surface area contributed by atoms with E-state index >= 15 is 0 Å². The monoisotopic (exact) mass is 152 g/mol. The van der Waals surface area contributed by atoms with Crippen LogP contribution in [-0.4, -0.2) is 5.78 Å². The summed E-state index contributed by atoms with van der Waals surface area (Å²) in [5, 5.41) is 0. The zero-order valence-corrected chi connectivity index (χ0v) is 7.01. The quantitative estimate of drug-likeness (QED) is 0.488. The molecule has 62 valence electrons. The standard InChI is InChI=1S/C10H16O/c11-10-8-6-4-2-1-3-5-7-9-10/h4,6H,1-3,5,7-9H2/b6-4+. The Labute approximate surface area is 68.5 Å². The molecule has 1 aliphatic rings. The Morgan fingerprint density at radius 3 is 2.73 bits per heavy atom. The van der Waals surface area contributed by atoms with E-state index in [0.717, 1.165) is 19.3 Å². The molecule has 0 aromatic rings. The second-order valence-electron chi connectivity index (χ2n) is 3.17. The summed E-state index contributed by atoms with van der Waals surface area (Å²) in [5.41, 5.74) is 0. The molecule has 0 atom stereocenters. The summed E-state index contributed by atoms with van der Waals surface area (Å²) in [6, 6.07) is 0. The van der Waals surface area contributed by atoms with Crippen LogP contribution in [0.5, 0.6) is 0 Å². The van der Waals surface area contributed by atoms with Crippen LogP contribution in [-0.2, 0) is 4.79 Å². The van der Waals surface area contributed by atoms with Gasteiger partial charge in [-0.05, 0) is 19.3 Å². The fourth-order valence-electron chi connectivity index (χ4n) is 1.37. The van der Waals surface area contributed by atoms with Crippen molar-refractivity contribution in [1.82, 2.24) is 0 Å². The second-order valence-corrected chi connectivity index (χ2v) is 3.17. The normalized spacial score (nSPS) is 24.5. The number of carbonyl (C=O) groups is 1. The van der Waals surface area contributed by atoms with Crippen molar-refractivity contribution in [3.8, 4) is 0 Å². The van der Waals surface area contributed by atoms with Gasteiger partial charge in [0.15, 0.2) is 0 Å². The lowest BCUT2D eigenvalue weighted by Gasteiger charge is -2.01. The van der Waals surface area contributed by atoms with Gasteiger partial charge >= 0.3 is 0 Å². The summed E-state index contributed by atoms with van der Waals surface area (Å²) < 4.78 is 0. The average Bonchev–Trinajstić information content (AvgIpc) is 2.03. The Hall–Kier alpha value is -0.590. The molecule has 1 heteroatoms.